The summed E-state index contributed by atoms with van der Waals surface area (Å²) in [6.45, 7) is 4.07. The summed E-state index contributed by atoms with van der Waals surface area (Å²) < 4.78 is 37.7. The Morgan fingerprint density at radius 1 is 1.19 bits per heavy atom. The van der Waals surface area contributed by atoms with Gasteiger partial charge < -0.3 is 4.90 Å². The molecule has 2 aromatic carbocycles. The standard InChI is InChI=1S/C20H21FN2O2S2/c1-13-6-7-18(14(2)8-13)23-19-12-27(24,25)11-17(19)22-20(23)26-10-15-4-3-5-16(21)9-15/h3-9,17,19H,10-12H2,1-2H3/t17-,19+/m0/s1. The van der Waals surface area contributed by atoms with Crippen LogP contribution in [0.2, 0.25) is 0 Å². The summed E-state index contributed by atoms with van der Waals surface area (Å²) >= 11 is 1.53. The second-order valence-electron chi connectivity index (χ2n) is 7.20. The van der Waals surface area contributed by atoms with Crippen LogP contribution in [0, 0.1) is 19.7 Å². The van der Waals surface area contributed by atoms with Crippen LogP contribution in [0.3, 0.4) is 0 Å². The maximum absolute atomic E-state index is 13.5. The van der Waals surface area contributed by atoms with Crippen LogP contribution in [0.15, 0.2) is 47.5 Å². The Kier molecular flexibility index (Phi) is 4.76. The Morgan fingerprint density at radius 2 is 2.00 bits per heavy atom. The predicted octanol–water partition coefficient (Wildman–Crippen LogP) is 3.72. The average Bonchev–Trinajstić information content (AvgIpc) is 3.05. The lowest BCUT2D eigenvalue weighted by Crippen LogP contribution is -2.39. The van der Waals surface area contributed by atoms with Crippen molar-refractivity contribution in [1.29, 1.82) is 0 Å². The molecular weight excluding hydrogens is 383 g/mol. The maximum atomic E-state index is 13.5. The summed E-state index contributed by atoms with van der Waals surface area (Å²) in [6, 6.07) is 12.3. The van der Waals surface area contributed by atoms with Crippen molar-refractivity contribution in [2.24, 2.45) is 4.99 Å². The topological polar surface area (TPSA) is 49.7 Å². The van der Waals surface area contributed by atoms with Gasteiger partial charge in [0.25, 0.3) is 0 Å². The summed E-state index contributed by atoms with van der Waals surface area (Å²) in [5.41, 5.74) is 4.14. The quantitative estimate of drug-likeness (QED) is 0.782. The first-order valence-corrected chi connectivity index (χ1v) is 11.6. The number of fused-ring (bicyclic) bond motifs is 1. The first-order valence-electron chi connectivity index (χ1n) is 8.84. The fourth-order valence-electron chi connectivity index (χ4n) is 3.77. The number of aryl methyl sites for hydroxylation is 2. The molecular formula is C20H21FN2O2S2. The van der Waals surface area contributed by atoms with Gasteiger partial charge in [-0.25, -0.2) is 12.8 Å². The van der Waals surface area contributed by atoms with Gasteiger partial charge in [0.1, 0.15) is 5.82 Å². The van der Waals surface area contributed by atoms with Crippen molar-refractivity contribution in [3.63, 3.8) is 0 Å². The minimum absolute atomic E-state index is 0.100. The number of benzene rings is 2. The molecule has 0 amide bonds. The van der Waals surface area contributed by atoms with Gasteiger partial charge in [-0.15, -0.1) is 0 Å². The van der Waals surface area contributed by atoms with Crippen molar-refractivity contribution in [3.8, 4) is 0 Å². The van der Waals surface area contributed by atoms with E-state index in [1.165, 1.54) is 23.9 Å². The van der Waals surface area contributed by atoms with Gasteiger partial charge >= 0.3 is 0 Å². The highest BCUT2D eigenvalue weighted by Gasteiger charge is 2.47. The lowest BCUT2D eigenvalue weighted by molar-refractivity contribution is 0.601. The van der Waals surface area contributed by atoms with Crippen LogP contribution in [0.4, 0.5) is 10.1 Å². The number of hydrogen-bond donors (Lipinski definition) is 0. The van der Waals surface area contributed by atoms with E-state index >= 15 is 0 Å². The molecule has 7 heteroatoms. The Labute approximate surface area is 163 Å². The molecule has 0 aromatic heterocycles. The number of rotatable bonds is 3. The lowest BCUT2D eigenvalue weighted by atomic mass is 10.1. The Balaban J connectivity index is 1.65. The first kappa shape index (κ1) is 18.5. The smallest absolute Gasteiger partial charge is 0.164 e. The third-order valence-corrected chi connectivity index (χ3v) is 7.71. The van der Waals surface area contributed by atoms with E-state index in [1.807, 2.05) is 32.0 Å². The Morgan fingerprint density at radius 3 is 2.74 bits per heavy atom. The van der Waals surface area contributed by atoms with Gasteiger partial charge in [-0.1, -0.05) is 41.6 Å². The third-order valence-electron chi connectivity index (χ3n) is 4.98. The van der Waals surface area contributed by atoms with Crippen molar-refractivity contribution < 1.29 is 12.8 Å². The fraction of sp³-hybridized carbons (Fsp3) is 0.350. The van der Waals surface area contributed by atoms with Crippen LogP contribution in [-0.4, -0.2) is 37.2 Å². The highest BCUT2D eigenvalue weighted by Crippen LogP contribution is 2.37. The summed E-state index contributed by atoms with van der Waals surface area (Å²) in [5, 5.41) is 0.816. The number of anilines is 1. The SMILES string of the molecule is Cc1ccc(N2C(SCc3cccc(F)c3)=N[C@H]3CS(=O)(=O)C[C@H]32)c(C)c1. The molecule has 2 aliphatic rings. The molecule has 0 aliphatic carbocycles. The number of amidine groups is 1. The zero-order valence-electron chi connectivity index (χ0n) is 15.2. The van der Waals surface area contributed by atoms with Crippen LogP contribution in [0.5, 0.6) is 0 Å². The zero-order valence-corrected chi connectivity index (χ0v) is 16.9. The van der Waals surface area contributed by atoms with Gasteiger partial charge in [0.2, 0.25) is 0 Å². The molecule has 2 atom stereocenters. The number of thioether (sulfide) groups is 1. The molecule has 0 unspecified atom stereocenters. The molecule has 0 radical (unpaired) electrons. The van der Waals surface area contributed by atoms with Gasteiger partial charge in [-0.3, -0.25) is 4.99 Å². The van der Waals surface area contributed by atoms with Gasteiger partial charge in [0, 0.05) is 11.4 Å². The van der Waals surface area contributed by atoms with E-state index in [0.717, 1.165) is 27.5 Å². The van der Waals surface area contributed by atoms with Gasteiger partial charge in [0.15, 0.2) is 15.0 Å². The molecule has 4 nitrogen and oxygen atoms in total. The van der Waals surface area contributed by atoms with Crippen molar-refractivity contribution in [1.82, 2.24) is 0 Å². The molecule has 1 saturated heterocycles. The predicted molar refractivity (Wildman–Crippen MR) is 110 cm³/mol. The largest absolute Gasteiger partial charge is 0.315 e. The second kappa shape index (κ2) is 6.95. The molecule has 2 aliphatic heterocycles. The van der Waals surface area contributed by atoms with Crippen molar-refractivity contribution in [2.75, 3.05) is 16.4 Å². The Hall–Kier alpha value is -1.86. The normalized spacial score (nSPS) is 23.4. The summed E-state index contributed by atoms with van der Waals surface area (Å²) in [4.78, 5) is 6.81. The van der Waals surface area contributed by atoms with E-state index in [9.17, 15) is 12.8 Å². The summed E-state index contributed by atoms with van der Waals surface area (Å²) in [7, 11) is -3.07. The number of nitrogens with zero attached hydrogens (tertiary/aromatic N) is 2. The van der Waals surface area contributed by atoms with Crippen molar-refractivity contribution in [3.05, 3.63) is 65.0 Å². The fourth-order valence-corrected chi connectivity index (χ4v) is 6.67. The monoisotopic (exact) mass is 404 g/mol. The zero-order chi connectivity index (χ0) is 19.2. The second-order valence-corrected chi connectivity index (χ2v) is 10.3. The highest BCUT2D eigenvalue weighted by molar-refractivity contribution is 8.13. The van der Waals surface area contributed by atoms with Crippen LogP contribution in [-0.2, 0) is 15.6 Å². The third kappa shape index (κ3) is 3.75. The number of halogens is 1. The van der Waals surface area contributed by atoms with Gasteiger partial charge in [-0.2, -0.15) is 0 Å². The first-order chi connectivity index (χ1) is 12.8. The van der Waals surface area contributed by atoms with E-state index in [2.05, 4.69) is 11.0 Å². The van der Waals surface area contributed by atoms with Gasteiger partial charge in [-0.05, 0) is 43.2 Å². The highest BCUT2D eigenvalue weighted by atomic mass is 32.2. The van der Waals surface area contributed by atoms with Gasteiger partial charge in [0.05, 0.1) is 23.6 Å². The van der Waals surface area contributed by atoms with Crippen molar-refractivity contribution >= 4 is 32.5 Å². The number of hydrogen-bond acceptors (Lipinski definition) is 5. The minimum atomic E-state index is -3.07. The maximum Gasteiger partial charge on any atom is 0.164 e. The van der Waals surface area contributed by atoms with E-state index in [4.69, 9.17) is 4.99 Å². The average molecular weight is 405 g/mol. The van der Waals surface area contributed by atoms with Crippen LogP contribution >= 0.6 is 11.8 Å². The molecule has 142 valence electrons. The summed E-state index contributed by atoms with van der Waals surface area (Å²) in [6.07, 6.45) is 0. The van der Waals surface area contributed by atoms with E-state index in [0.29, 0.717) is 5.75 Å². The lowest BCUT2D eigenvalue weighted by Gasteiger charge is -2.28. The van der Waals surface area contributed by atoms with E-state index in [1.54, 1.807) is 6.07 Å². The minimum Gasteiger partial charge on any atom is -0.315 e. The van der Waals surface area contributed by atoms with E-state index < -0.39 is 9.84 Å². The van der Waals surface area contributed by atoms with Crippen molar-refractivity contribution in [2.45, 2.75) is 31.7 Å². The van der Waals surface area contributed by atoms with Crippen LogP contribution in [0.1, 0.15) is 16.7 Å². The molecule has 1 fully saturated rings. The molecule has 0 bridgehead atoms. The number of aliphatic imine (C=N–C) groups is 1. The molecule has 0 N–H and O–H groups in total. The molecule has 2 aromatic rings. The molecule has 2 heterocycles. The van der Waals surface area contributed by atoms with E-state index in [-0.39, 0.29) is 29.4 Å². The Bertz CT molecular complexity index is 1020. The number of sulfone groups is 1. The molecule has 27 heavy (non-hydrogen) atoms. The van der Waals surface area contributed by atoms with Crippen LogP contribution < -0.4 is 4.90 Å². The molecule has 4 rings (SSSR count). The molecule has 0 saturated carbocycles. The van der Waals surface area contributed by atoms with Crippen LogP contribution in [0.25, 0.3) is 0 Å². The summed E-state index contributed by atoms with van der Waals surface area (Å²) in [5.74, 6) is 0.557. The molecule has 0 spiro atoms.